The van der Waals surface area contributed by atoms with Crippen molar-refractivity contribution >= 4 is 5.69 Å². The van der Waals surface area contributed by atoms with E-state index in [-0.39, 0.29) is 0 Å². The number of nitrogens with zero attached hydrogens (tertiary/aromatic N) is 3. The van der Waals surface area contributed by atoms with Gasteiger partial charge in [0, 0.05) is 38.3 Å². The van der Waals surface area contributed by atoms with Crippen LogP contribution >= 0.6 is 0 Å². The standard InChI is InChI=1S/C19H32N4O3/c1-24-9-2-10-26-19-18(20)11-22(21-19)14-3-5-15(6-4-14)23-16-7-8-17(23)13-25-12-16/h11,14-17H,2-10,12-13,20H2,1H3/t14-,15-,16-,17?/m1/s1. The van der Waals surface area contributed by atoms with Crippen LogP contribution in [-0.2, 0) is 9.47 Å². The van der Waals surface area contributed by atoms with E-state index in [9.17, 15) is 0 Å². The highest BCUT2D eigenvalue weighted by Crippen LogP contribution is 2.38. The van der Waals surface area contributed by atoms with Gasteiger partial charge in [-0.15, -0.1) is 5.10 Å². The Labute approximate surface area is 155 Å². The quantitative estimate of drug-likeness (QED) is 0.748. The number of rotatable bonds is 7. The molecule has 7 nitrogen and oxygen atoms in total. The Hall–Kier alpha value is -1.31. The normalized spacial score (nSPS) is 32.0. The van der Waals surface area contributed by atoms with Crippen molar-refractivity contribution in [2.45, 2.75) is 69.1 Å². The van der Waals surface area contributed by atoms with E-state index in [1.807, 2.05) is 10.9 Å². The zero-order valence-electron chi connectivity index (χ0n) is 15.8. The molecule has 0 amide bonds. The summed E-state index contributed by atoms with van der Waals surface area (Å²) in [5.41, 5.74) is 6.72. The molecule has 2 saturated heterocycles. The zero-order chi connectivity index (χ0) is 17.9. The summed E-state index contributed by atoms with van der Waals surface area (Å²) in [6.07, 6.45) is 10.2. The largest absolute Gasteiger partial charge is 0.475 e. The Bertz CT molecular complexity index is 569. The number of fused-ring (bicyclic) bond motifs is 2. The highest BCUT2D eigenvalue weighted by Gasteiger charge is 2.42. The summed E-state index contributed by atoms with van der Waals surface area (Å²) >= 11 is 0. The molecule has 2 bridgehead atoms. The van der Waals surface area contributed by atoms with Crippen LogP contribution in [0, 0.1) is 0 Å². The number of nitrogens with two attached hydrogens (primary N) is 1. The van der Waals surface area contributed by atoms with Gasteiger partial charge in [-0.25, -0.2) is 0 Å². The van der Waals surface area contributed by atoms with Crippen molar-refractivity contribution in [3.8, 4) is 5.88 Å². The van der Waals surface area contributed by atoms with E-state index in [1.165, 1.54) is 25.7 Å². The number of nitrogen functional groups attached to an aromatic ring is 1. The van der Waals surface area contributed by atoms with Gasteiger partial charge in [-0.1, -0.05) is 0 Å². The van der Waals surface area contributed by atoms with Crippen molar-refractivity contribution in [3.05, 3.63) is 6.20 Å². The van der Waals surface area contributed by atoms with E-state index in [1.54, 1.807) is 7.11 Å². The molecule has 1 aliphatic carbocycles. The minimum absolute atomic E-state index is 0.434. The highest BCUT2D eigenvalue weighted by atomic mass is 16.5. The lowest BCUT2D eigenvalue weighted by Gasteiger charge is -2.43. The van der Waals surface area contributed by atoms with E-state index in [4.69, 9.17) is 19.9 Å². The van der Waals surface area contributed by atoms with E-state index in [2.05, 4.69) is 10.00 Å². The lowest BCUT2D eigenvalue weighted by molar-refractivity contribution is -0.0458. The molecule has 0 radical (unpaired) electrons. The Morgan fingerprint density at radius 3 is 2.38 bits per heavy atom. The molecule has 2 aliphatic heterocycles. The number of ether oxygens (including phenoxy) is 3. The van der Waals surface area contributed by atoms with Gasteiger partial charge in [0.2, 0.25) is 0 Å². The highest BCUT2D eigenvalue weighted by molar-refractivity contribution is 5.46. The molecule has 2 atom stereocenters. The molecular weight excluding hydrogens is 332 g/mol. The molecule has 1 aromatic rings. The first-order valence-corrected chi connectivity index (χ1v) is 10.1. The number of methoxy groups -OCH3 is 1. The molecule has 3 aliphatic rings. The van der Waals surface area contributed by atoms with Gasteiger partial charge >= 0.3 is 0 Å². The molecular formula is C19H32N4O3. The second-order valence-electron chi connectivity index (χ2n) is 7.90. The van der Waals surface area contributed by atoms with Crippen LogP contribution in [0.5, 0.6) is 5.88 Å². The summed E-state index contributed by atoms with van der Waals surface area (Å²) in [5.74, 6) is 0.564. The van der Waals surface area contributed by atoms with E-state index in [0.717, 1.165) is 32.5 Å². The summed E-state index contributed by atoms with van der Waals surface area (Å²) in [4.78, 5) is 2.78. The molecule has 2 N–H and O–H groups in total. The van der Waals surface area contributed by atoms with Crippen LogP contribution in [0.2, 0.25) is 0 Å². The average molecular weight is 364 g/mol. The third kappa shape index (κ3) is 3.70. The van der Waals surface area contributed by atoms with Gasteiger partial charge in [0.25, 0.3) is 5.88 Å². The van der Waals surface area contributed by atoms with E-state index < -0.39 is 0 Å². The fraction of sp³-hybridized carbons (Fsp3) is 0.842. The maximum atomic E-state index is 6.09. The monoisotopic (exact) mass is 364 g/mol. The molecule has 0 aromatic carbocycles. The van der Waals surface area contributed by atoms with E-state index in [0.29, 0.717) is 48.9 Å². The van der Waals surface area contributed by atoms with Gasteiger partial charge in [0.1, 0.15) is 5.69 Å². The van der Waals surface area contributed by atoms with Gasteiger partial charge in [0.15, 0.2) is 0 Å². The maximum Gasteiger partial charge on any atom is 0.256 e. The fourth-order valence-electron chi connectivity index (χ4n) is 4.94. The van der Waals surface area contributed by atoms with Crippen LogP contribution in [0.25, 0.3) is 0 Å². The fourth-order valence-corrected chi connectivity index (χ4v) is 4.94. The Balaban J connectivity index is 1.31. The Kier molecular flexibility index (Phi) is 5.66. The van der Waals surface area contributed by atoms with Gasteiger partial charge in [-0.05, 0) is 38.5 Å². The number of hydrogen-bond acceptors (Lipinski definition) is 6. The van der Waals surface area contributed by atoms with Gasteiger partial charge in [0.05, 0.1) is 32.1 Å². The first-order valence-electron chi connectivity index (χ1n) is 10.1. The number of hydrogen-bond donors (Lipinski definition) is 1. The smallest absolute Gasteiger partial charge is 0.256 e. The SMILES string of the molecule is COCCCOc1nn([C@H]2CC[C@H](N3C4CC[C@@H]3COC4)CC2)cc1N. The lowest BCUT2D eigenvalue weighted by Crippen LogP contribution is -2.52. The van der Waals surface area contributed by atoms with Crippen LogP contribution in [0.3, 0.4) is 0 Å². The third-order valence-electron chi connectivity index (χ3n) is 6.22. The summed E-state index contributed by atoms with van der Waals surface area (Å²) in [6.45, 7) is 3.13. The molecule has 1 unspecified atom stereocenters. The van der Waals surface area contributed by atoms with Crippen LogP contribution in [0.1, 0.15) is 51.0 Å². The minimum atomic E-state index is 0.434. The van der Waals surface area contributed by atoms with Crippen LogP contribution in [-0.4, -0.2) is 66.3 Å². The molecule has 1 saturated carbocycles. The minimum Gasteiger partial charge on any atom is -0.475 e. The van der Waals surface area contributed by atoms with Crippen molar-refractivity contribution in [3.63, 3.8) is 0 Å². The van der Waals surface area contributed by atoms with Crippen molar-refractivity contribution in [1.82, 2.24) is 14.7 Å². The molecule has 3 heterocycles. The first kappa shape index (κ1) is 18.1. The van der Waals surface area contributed by atoms with Crippen molar-refractivity contribution < 1.29 is 14.2 Å². The van der Waals surface area contributed by atoms with Gasteiger partial charge < -0.3 is 19.9 Å². The summed E-state index contributed by atoms with van der Waals surface area (Å²) in [6, 6.07) is 2.46. The van der Waals surface area contributed by atoms with E-state index >= 15 is 0 Å². The predicted molar refractivity (Wildman–Crippen MR) is 99.4 cm³/mol. The Morgan fingerprint density at radius 2 is 1.69 bits per heavy atom. The van der Waals surface area contributed by atoms with Gasteiger partial charge in [-0.3, -0.25) is 9.58 Å². The topological polar surface area (TPSA) is 74.8 Å². The third-order valence-corrected chi connectivity index (χ3v) is 6.22. The summed E-state index contributed by atoms with van der Waals surface area (Å²) in [7, 11) is 1.70. The second-order valence-corrected chi connectivity index (χ2v) is 7.90. The number of morpholine rings is 1. The molecule has 146 valence electrons. The van der Waals surface area contributed by atoms with Gasteiger partial charge in [-0.2, -0.15) is 0 Å². The first-order chi connectivity index (χ1) is 12.8. The maximum absolute atomic E-state index is 6.09. The second kappa shape index (κ2) is 8.15. The molecule has 1 aromatic heterocycles. The molecule has 4 rings (SSSR count). The van der Waals surface area contributed by atoms with Crippen molar-refractivity contribution in [2.75, 3.05) is 39.3 Å². The predicted octanol–water partition coefficient (Wildman–Crippen LogP) is 2.23. The molecule has 7 heteroatoms. The molecule has 3 fully saturated rings. The number of anilines is 1. The summed E-state index contributed by atoms with van der Waals surface area (Å²) in [5, 5.41) is 4.61. The van der Waals surface area contributed by atoms with Crippen LogP contribution in [0.15, 0.2) is 6.20 Å². The van der Waals surface area contributed by atoms with Crippen LogP contribution < -0.4 is 10.5 Å². The Morgan fingerprint density at radius 1 is 1.04 bits per heavy atom. The number of aromatic nitrogens is 2. The van der Waals surface area contributed by atoms with Crippen LogP contribution in [0.4, 0.5) is 5.69 Å². The molecule has 26 heavy (non-hydrogen) atoms. The average Bonchev–Trinajstić information content (AvgIpc) is 3.15. The van der Waals surface area contributed by atoms with Crippen molar-refractivity contribution in [2.24, 2.45) is 0 Å². The lowest BCUT2D eigenvalue weighted by atomic mass is 9.89. The molecule has 0 spiro atoms. The van der Waals surface area contributed by atoms with Crippen molar-refractivity contribution in [1.29, 1.82) is 0 Å². The summed E-state index contributed by atoms with van der Waals surface area (Å²) < 4.78 is 18.5. The zero-order valence-corrected chi connectivity index (χ0v) is 15.8.